The zero-order valence-corrected chi connectivity index (χ0v) is 16.1. The van der Waals surface area contributed by atoms with Crippen LogP contribution in [0.4, 0.5) is 20.2 Å². The second kappa shape index (κ2) is 6.78. The summed E-state index contributed by atoms with van der Waals surface area (Å²) in [6.45, 7) is 1.73. The summed E-state index contributed by atoms with van der Waals surface area (Å²) in [7, 11) is 1.47. The zero-order chi connectivity index (χ0) is 20.9. The maximum Gasteiger partial charge on any atom is 0.252 e. The van der Waals surface area contributed by atoms with Crippen LogP contribution in [0.15, 0.2) is 24.5 Å². The van der Waals surface area contributed by atoms with Crippen LogP contribution in [0.25, 0.3) is 11.0 Å². The summed E-state index contributed by atoms with van der Waals surface area (Å²) >= 11 is 5.86. The minimum Gasteiger partial charge on any atom is -0.382 e. The average Bonchev–Trinajstić information content (AvgIpc) is 3.12. The summed E-state index contributed by atoms with van der Waals surface area (Å²) < 4.78 is 32.4. The quantitative estimate of drug-likeness (QED) is 0.443. The molecule has 1 atom stereocenters. The van der Waals surface area contributed by atoms with Gasteiger partial charge in [-0.3, -0.25) is 9.59 Å². The van der Waals surface area contributed by atoms with Crippen LogP contribution in [0.1, 0.15) is 22.8 Å². The first-order chi connectivity index (χ1) is 13.8. The summed E-state index contributed by atoms with van der Waals surface area (Å²) in [4.78, 5) is 32.6. The Balaban J connectivity index is 1.89. The number of ether oxygens (including phenoxy) is 1. The predicted octanol–water partition coefficient (Wildman–Crippen LogP) is 3.49. The lowest BCUT2D eigenvalue weighted by Crippen LogP contribution is -2.53. The highest BCUT2D eigenvalue weighted by molar-refractivity contribution is 6.36. The van der Waals surface area contributed by atoms with Crippen molar-refractivity contribution in [3.05, 3.63) is 52.3 Å². The van der Waals surface area contributed by atoms with Crippen LogP contribution in [0.5, 0.6) is 0 Å². The first-order valence-electron chi connectivity index (χ1n) is 8.53. The number of carbonyl (C=O) groups is 2. The van der Waals surface area contributed by atoms with E-state index in [2.05, 4.69) is 20.6 Å². The maximum absolute atomic E-state index is 13.9. The molecule has 0 fully saturated rings. The molecule has 1 aromatic carbocycles. The summed E-state index contributed by atoms with van der Waals surface area (Å²) in [5, 5.41) is 5.65. The van der Waals surface area contributed by atoms with E-state index in [4.69, 9.17) is 16.3 Å². The Morgan fingerprint density at radius 2 is 2.07 bits per heavy atom. The van der Waals surface area contributed by atoms with Crippen LogP contribution in [-0.4, -0.2) is 40.9 Å². The van der Waals surface area contributed by atoms with Gasteiger partial charge in [0.15, 0.2) is 17.4 Å². The molecular formula is C19H15ClF2N4O3. The molecule has 0 saturated heterocycles. The Bertz CT molecular complexity index is 1180. The van der Waals surface area contributed by atoms with Crippen molar-refractivity contribution < 1.29 is 23.1 Å². The third-order valence-corrected chi connectivity index (χ3v) is 5.18. The third-order valence-electron chi connectivity index (χ3n) is 4.81. The molecule has 0 radical (unpaired) electrons. The standard InChI is InChI=1S/C19H15ClF2N4O3/c1-19(7-29-2)18(28)25-11-6-24-17-12(15(11)26-19)9(5-23-17)16(27)8-3-4-10(21)14(22)13(8)20/h3-6,26H,7H2,1-2H3,(H,23,24)(H,25,28). The van der Waals surface area contributed by atoms with E-state index in [0.29, 0.717) is 22.4 Å². The number of aromatic amines is 1. The number of carbonyl (C=O) groups excluding carboxylic acids is 2. The molecule has 3 heterocycles. The molecule has 0 aliphatic carbocycles. The van der Waals surface area contributed by atoms with E-state index in [9.17, 15) is 18.4 Å². The highest BCUT2D eigenvalue weighted by Gasteiger charge is 2.39. The van der Waals surface area contributed by atoms with Crippen molar-refractivity contribution in [2.24, 2.45) is 0 Å². The summed E-state index contributed by atoms with van der Waals surface area (Å²) in [6, 6.07) is 1.96. The fourth-order valence-electron chi connectivity index (χ4n) is 3.33. The lowest BCUT2D eigenvalue weighted by Gasteiger charge is -2.35. The Kier molecular flexibility index (Phi) is 4.51. The van der Waals surface area contributed by atoms with Crippen LogP contribution in [0, 0.1) is 11.6 Å². The molecule has 3 aromatic rings. The SMILES string of the molecule is COCC1(C)Nc2c(cnc3[nH]cc(C(=O)c4ccc(F)c(F)c4Cl)c23)NC1=O. The molecule has 3 N–H and O–H groups in total. The van der Waals surface area contributed by atoms with Crippen LogP contribution in [-0.2, 0) is 9.53 Å². The fraction of sp³-hybridized carbons (Fsp3) is 0.211. The molecule has 29 heavy (non-hydrogen) atoms. The van der Waals surface area contributed by atoms with Gasteiger partial charge in [-0.25, -0.2) is 13.8 Å². The molecule has 1 aliphatic rings. The van der Waals surface area contributed by atoms with Crippen molar-refractivity contribution in [1.29, 1.82) is 0 Å². The van der Waals surface area contributed by atoms with E-state index in [1.165, 1.54) is 19.5 Å². The first kappa shape index (κ1) is 19.3. The van der Waals surface area contributed by atoms with Gasteiger partial charge in [0, 0.05) is 18.9 Å². The van der Waals surface area contributed by atoms with Crippen molar-refractivity contribution in [1.82, 2.24) is 9.97 Å². The van der Waals surface area contributed by atoms with E-state index < -0.39 is 28.0 Å². The normalized spacial score (nSPS) is 18.3. The molecule has 1 aliphatic heterocycles. The molecule has 2 aromatic heterocycles. The van der Waals surface area contributed by atoms with Gasteiger partial charge in [-0.1, -0.05) is 11.6 Å². The highest BCUT2D eigenvalue weighted by atomic mass is 35.5. The average molecular weight is 421 g/mol. The third kappa shape index (κ3) is 2.93. The molecule has 150 valence electrons. The monoisotopic (exact) mass is 420 g/mol. The van der Waals surface area contributed by atoms with Gasteiger partial charge >= 0.3 is 0 Å². The number of fused-ring (bicyclic) bond motifs is 3. The number of halogens is 3. The predicted molar refractivity (Wildman–Crippen MR) is 103 cm³/mol. The Morgan fingerprint density at radius 1 is 1.31 bits per heavy atom. The van der Waals surface area contributed by atoms with Gasteiger partial charge in [0.05, 0.1) is 40.2 Å². The zero-order valence-electron chi connectivity index (χ0n) is 15.3. The number of H-pyrrole nitrogens is 1. The Labute approximate surface area is 168 Å². The van der Waals surface area contributed by atoms with E-state index in [-0.39, 0.29) is 23.6 Å². The van der Waals surface area contributed by atoms with E-state index >= 15 is 0 Å². The number of nitrogens with zero attached hydrogens (tertiary/aromatic N) is 1. The Morgan fingerprint density at radius 3 is 2.79 bits per heavy atom. The summed E-state index contributed by atoms with van der Waals surface area (Å²) in [5.74, 6) is -3.39. The van der Waals surface area contributed by atoms with E-state index in [0.717, 1.165) is 12.1 Å². The maximum atomic E-state index is 13.9. The molecule has 0 bridgehead atoms. The van der Waals surface area contributed by atoms with Crippen molar-refractivity contribution in [2.75, 3.05) is 24.4 Å². The van der Waals surface area contributed by atoms with Crippen molar-refractivity contribution >= 4 is 45.7 Å². The molecular weight excluding hydrogens is 406 g/mol. The number of pyridine rings is 1. The van der Waals surface area contributed by atoms with Gasteiger partial charge in [0.1, 0.15) is 11.2 Å². The fourth-order valence-corrected chi connectivity index (χ4v) is 3.57. The number of benzene rings is 1. The Hall–Kier alpha value is -3.04. The van der Waals surface area contributed by atoms with Crippen molar-refractivity contribution in [3.63, 3.8) is 0 Å². The number of anilines is 2. The number of nitrogens with one attached hydrogen (secondary N) is 3. The smallest absolute Gasteiger partial charge is 0.252 e. The number of hydrogen-bond acceptors (Lipinski definition) is 5. The second-order valence-corrected chi connectivity index (χ2v) is 7.25. The molecule has 0 spiro atoms. The van der Waals surface area contributed by atoms with Gasteiger partial charge in [-0.2, -0.15) is 0 Å². The largest absolute Gasteiger partial charge is 0.382 e. The van der Waals surface area contributed by atoms with Gasteiger partial charge in [-0.05, 0) is 19.1 Å². The molecule has 0 saturated carbocycles. The first-order valence-corrected chi connectivity index (χ1v) is 8.91. The van der Waals surface area contributed by atoms with E-state index in [1.54, 1.807) is 6.92 Å². The molecule has 1 unspecified atom stereocenters. The van der Waals surface area contributed by atoms with Gasteiger partial charge < -0.3 is 20.4 Å². The highest BCUT2D eigenvalue weighted by Crippen LogP contribution is 2.39. The van der Waals surface area contributed by atoms with Gasteiger partial charge in [0.2, 0.25) is 0 Å². The van der Waals surface area contributed by atoms with Crippen molar-refractivity contribution in [2.45, 2.75) is 12.5 Å². The number of ketones is 1. The number of rotatable bonds is 4. The minimum absolute atomic E-state index is 0.0742. The topological polar surface area (TPSA) is 96.1 Å². The van der Waals surface area contributed by atoms with E-state index in [1.807, 2.05) is 0 Å². The number of aromatic nitrogens is 2. The molecule has 7 nitrogen and oxygen atoms in total. The second-order valence-electron chi connectivity index (χ2n) is 6.87. The lowest BCUT2D eigenvalue weighted by molar-refractivity contribution is -0.121. The van der Waals surface area contributed by atoms with Crippen LogP contribution in [0.2, 0.25) is 5.02 Å². The summed E-state index contributed by atoms with van der Waals surface area (Å²) in [5.41, 5.74) is 0.0600. The van der Waals surface area contributed by atoms with Crippen LogP contribution < -0.4 is 10.6 Å². The van der Waals surface area contributed by atoms with Crippen LogP contribution >= 0.6 is 11.6 Å². The molecule has 10 heteroatoms. The molecule has 1 amide bonds. The number of methoxy groups -OCH3 is 1. The van der Waals surface area contributed by atoms with Crippen LogP contribution in [0.3, 0.4) is 0 Å². The number of hydrogen-bond donors (Lipinski definition) is 3. The van der Waals surface area contributed by atoms with Crippen molar-refractivity contribution in [3.8, 4) is 0 Å². The minimum atomic E-state index is -1.30. The lowest BCUT2D eigenvalue weighted by atomic mass is 9.96. The van der Waals surface area contributed by atoms with Gasteiger partial charge in [0.25, 0.3) is 5.91 Å². The molecule has 4 rings (SSSR count). The van der Waals surface area contributed by atoms with Gasteiger partial charge in [-0.15, -0.1) is 0 Å². The number of amides is 1. The summed E-state index contributed by atoms with van der Waals surface area (Å²) in [6.07, 6.45) is 2.86.